The standard InChI is InChI=1S/C9H16O3S/c1-13-6-5-12-9(10)7-8-3-2-4-11-8/h8H,2-7H2,1H3. The van der Waals surface area contributed by atoms with Crippen molar-refractivity contribution in [2.75, 3.05) is 25.2 Å². The van der Waals surface area contributed by atoms with Crippen molar-refractivity contribution in [3.05, 3.63) is 0 Å². The number of hydrogen-bond acceptors (Lipinski definition) is 4. The van der Waals surface area contributed by atoms with E-state index in [1.807, 2.05) is 6.26 Å². The lowest BCUT2D eigenvalue weighted by Gasteiger charge is -2.08. The molecule has 0 spiro atoms. The molecule has 1 rings (SSSR count). The highest BCUT2D eigenvalue weighted by Gasteiger charge is 2.19. The summed E-state index contributed by atoms with van der Waals surface area (Å²) in [5.41, 5.74) is 0. The van der Waals surface area contributed by atoms with Gasteiger partial charge in [-0.1, -0.05) is 0 Å². The highest BCUT2D eigenvalue weighted by atomic mass is 32.2. The fourth-order valence-electron chi connectivity index (χ4n) is 1.29. The Labute approximate surface area is 83.2 Å². The van der Waals surface area contributed by atoms with Gasteiger partial charge in [-0.3, -0.25) is 4.79 Å². The van der Waals surface area contributed by atoms with E-state index in [2.05, 4.69) is 0 Å². The molecule has 0 amide bonds. The summed E-state index contributed by atoms with van der Waals surface area (Å²) in [4.78, 5) is 11.2. The molecular weight excluding hydrogens is 188 g/mol. The zero-order valence-corrected chi connectivity index (χ0v) is 8.77. The van der Waals surface area contributed by atoms with Crippen molar-refractivity contribution in [2.45, 2.75) is 25.4 Å². The van der Waals surface area contributed by atoms with E-state index in [4.69, 9.17) is 9.47 Å². The Morgan fingerprint density at radius 1 is 1.69 bits per heavy atom. The van der Waals surface area contributed by atoms with Crippen LogP contribution in [-0.2, 0) is 14.3 Å². The molecule has 0 N–H and O–H groups in total. The molecule has 1 unspecified atom stereocenters. The summed E-state index contributed by atoms with van der Waals surface area (Å²) in [5.74, 6) is 0.748. The number of carbonyl (C=O) groups excluding carboxylic acids is 1. The van der Waals surface area contributed by atoms with E-state index in [-0.39, 0.29) is 12.1 Å². The first kappa shape index (κ1) is 10.9. The normalized spacial score (nSPS) is 21.8. The van der Waals surface area contributed by atoms with Crippen LogP contribution in [0.5, 0.6) is 0 Å². The van der Waals surface area contributed by atoms with Crippen LogP contribution in [0.3, 0.4) is 0 Å². The second-order valence-corrected chi connectivity index (χ2v) is 4.04. The Morgan fingerprint density at radius 2 is 2.54 bits per heavy atom. The molecule has 0 radical (unpaired) electrons. The second-order valence-electron chi connectivity index (χ2n) is 3.05. The van der Waals surface area contributed by atoms with E-state index < -0.39 is 0 Å². The van der Waals surface area contributed by atoms with Gasteiger partial charge in [0.2, 0.25) is 0 Å². The summed E-state index contributed by atoms with van der Waals surface area (Å²) < 4.78 is 10.3. The predicted octanol–water partition coefficient (Wildman–Crippen LogP) is 1.46. The molecule has 1 aliphatic heterocycles. The Bertz CT molecular complexity index is 155. The van der Waals surface area contributed by atoms with Gasteiger partial charge in [-0.05, 0) is 19.1 Å². The minimum Gasteiger partial charge on any atom is -0.465 e. The molecule has 0 saturated carbocycles. The lowest BCUT2D eigenvalue weighted by molar-refractivity contribution is -0.145. The maximum absolute atomic E-state index is 11.2. The Morgan fingerprint density at radius 3 is 3.15 bits per heavy atom. The number of hydrogen-bond donors (Lipinski definition) is 0. The van der Waals surface area contributed by atoms with Gasteiger partial charge in [-0.25, -0.2) is 0 Å². The number of carbonyl (C=O) groups is 1. The summed E-state index contributed by atoms with van der Waals surface area (Å²) in [6.45, 7) is 1.31. The van der Waals surface area contributed by atoms with Gasteiger partial charge < -0.3 is 9.47 Å². The molecule has 4 heteroatoms. The van der Waals surface area contributed by atoms with Crippen molar-refractivity contribution in [1.82, 2.24) is 0 Å². The van der Waals surface area contributed by atoms with Gasteiger partial charge in [0.1, 0.15) is 6.61 Å². The Balaban J connectivity index is 2.02. The first-order valence-corrected chi connectivity index (χ1v) is 5.98. The first-order valence-electron chi connectivity index (χ1n) is 4.59. The summed E-state index contributed by atoms with van der Waals surface area (Å²) in [6.07, 6.45) is 4.60. The van der Waals surface area contributed by atoms with Gasteiger partial charge >= 0.3 is 5.97 Å². The van der Waals surface area contributed by atoms with E-state index in [0.717, 1.165) is 25.2 Å². The molecule has 0 bridgehead atoms. The van der Waals surface area contributed by atoms with E-state index >= 15 is 0 Å². The molecule has 0 aliphatic carbocycles. The average molecular weight is 204 g/mol. The molecule has 1 heterocycles. The molecule has 1 atom stereocenters. The van der Waals surface area contributed by atoms with Crippen LogP contribution in [0, 0.1) is 0 Å². The van der Waals surface area contributed by atoms with Crippen molar-refractivity contribution in [1.29, 1.82) is 0 Å². The zero-order valence-electron chi connectivity index (χ0n) is 7.95. The third kappa shape index (κ3) is 4.52. The van der Waals surface area contributed by atoms with Gasteiger partial charge in [-0.15, -0.1) is 0 Å². The third-order valence-corrected chi connectivity index (χ3v) is 2.54. The zero-order chi connectivity index (χ0) is 9.52. The molecule has 1 saturated heterocycles. The highest BCUT2D eigenvalue weighted by Crippen LogP contribution is 2.15. The molecule has 1 fully saturated rings. The van der Waals surface area contributed by atoms with Crippen LogP contribution >= 0.6 is 11.8 Å². The minimum atomic E-state index is -0.124. The fourth-order valence-corrected chi connectivity index (χ4v) is 1.54. The van der Waals surface area contributed by atoms with Crippen molar-refractivity contribution >= 4 is 17.7 Å². The molecular formula is C9H16O3S. The summed E-state index contributed by atoms with van der Waals surface area (Å²) in [6, 6.07) is 0. The smallest absolute Gasteiger partial charge is 0.308 e. The van der Waals surface area contributed by atoms with Gasteiger partial charge in [0, 0.05) is 12.4 Å². The Kier molecular flexibility index (Phi) is 5.23. The van der Waals surface area contributed by atoms with E-state index in [1.54, 1.807) is 11.8 Å². The quantitative estimate of drug-likeness (QED) is 0.502. The van der Waals surface area contributed by atoms with Gasteiger partial charge in [-0.2, -0.15) is 11.8 Å². The maximum atomic E-state index is 11.2. The van der Waals surface area contributed by atoms with Gasteiger partial charge in [0.25, 0.3) is 0 Å². The van der Waals surface area contributed by atoms with E-state index in [9.17, 15) is 4.79 Å². The van der Waals surface area contributed by atoms with Gasteiger partial charge in [0.05, 0.1) is 12.5 Å². The SMILES string of the molecule is CSCCOC(=O)CC1CCCO1. The number of thioether (sulfide) groups is 1. The molecule has 13 heavy (non-hydrogen) atoms. The van der Waals surface area contributed by atoms with Crippen LogP contribution in [-0.4, -0.2) is 37.3 Å². The summed E-state index contributed by atoms with van der Waals surface area (Å²) in [7, 11) is 0. The predicted molar refractivity (Wildman–Crippen MR) is 52.9 cm³/mol. The number of ether oxygens (including phenoxy) is 2. The molecule has 0 aromatic rings. The second kappa shape index (κ2) is 6.27. The van der Waals surface area contributed by atoms with Crippen LogP contribution in [0.4, 0.5) is 0 Å². The van der Waals surface area contributed by atoms with Crippen LogP contribution in [0.25, 0.3) is 0 Å². The lowest BCUT2D eigenvalue weighted by Crippen LogP contribution is -2.16. The van der Waals surface area contributed by atoms with Crippen molar-refractivity contribution < 1.29 is 14.3 Å². The number of rotatable bonds is 5. The van der Waals surface area contributed by atoms with E-state index in [0.29, 0.717) is 13.0 Å². The van der Waals surface area contributed by atoms with Crippen molar-refractivity contribution in [2.24, 2.45) is 0 Å². The summed E-state index contributed by atoms with van der Waals surface area (Å²) in [5, 5.41) is 0. The molecule has 3 nitrogen and oxygen atoms in total. The van der Waals surface area contributed by atoms with Crippen LogP contribution in [0.2, 0.25) is 0 Å². The topological polar surface area (TPSA) is 35.5 Å². The van der Waals surface area contributed by atoms with Gasteiger partial charge in [0.15, 0.2) is 0 Å². The van der Waals surface area contributed by atoms with Crippen LogP contribution < -0.4 is 0 Å². The van der Waals surface area contributed by atoms with Crippen LogP contribution in [0.15, 0.2) is 0 Å². The monoisotopic (exact) mass is 204 g/mol. The first-order chi connectivity index (χ1) is 6.33. The van der Waals surface area contributed by atoms with Crippen molar-refractivity contribution in [3.8, 4) is 0 Å². The molecule has 0 aromatic carbocycles. The van der Waals surface area contributed by atoms with Crippen molar-refractivity contribution in [3.63, 3.8) is 0 Å². The average Bonchev–Trinajstić information content (AvgIpc) is 2.57. The van der Waals surface area contributed by atoms with E-state index in [1.165, 1.54) is 0 Å². The fraction of sp³-hybridized carbons (Fsp3) is 0.889. The Hall–Kier alpha value is -0.220. The molecule has 76 valence electrons. The largest absolute Gasteiger partial charge is 0.465 e. The van der Waals surface area contributed by atoms with Crippen LogP contribution in [0.1, 0.15) is 19.3 Å². The maximum Gasteiger partial charge on any atom is 0.308 e. The third-order valence-electron chi connectivity index (χ3n) is 1.97. The number of esters is 1. The molecule has 0 aromatic heterocycles. The highest BCUT2D eigenvalue weighted by molar-refractivity contribution is 7.98. The lowest BCUT2D eigenvalue weighted by atomic mass is 10.2. The minimum absolute atomic E-state index is 0.113. The molecule has 1 aliphatic rings. The summed E-state index contributed by atoms with van der Waals surface area (Å²) >= 11 is 1.68.